The highest BCUT2D eigenvalue weighted by atomic mass is 16.5. The van der Waals surface area contributed by atoms with Gasteiger partial charge in [0.2, 0.25) is 0 Å². The van der Waals surface area contributed by atoms with Crippen LogP contribution in [0.4, 0.5) is 10.5 Å². The second-order valence-corrected chi connectivity index (χ2v) is 5.52. The van der Waals surface area contributed by atoms with Crippen molar-refractivity contribution in [1.82, 2.24) is 15.1 Å². The molecule has 1 atom stereocenters. The molecule has 0 aliphatic carbocycles. The summed E-state index contributed by atoms with van der Waals surface area (Å²) in [5.41, 5.74) is 2.64. The van der Waals surface area contributed by atoms with E-state index in [4.69, 9.17) is 4.74 Å². The predicted molar refractivity (Wildman–Crippen MR) is 82.6 cm³/mol. The molecule has 0 aromatic carbocycles. The van der Waals surface area contributed by atoms with Crippen molar-refractivity contribution >= 4 is 11.7 Å². The van der Waals surface area contributed by atoms with Crippen molar-refractivity contribution in [3.05, 3.63) is 11.4 Å². The number of hydrogen-bond acceptors (Lipinski definition) is 3. The van der Waals surface area contributed by atoms with Gasteiger partial charge in [0.05, 0.1) is 23.2 Å². The van der Waals surface area contributed by atoms with E-state index >= 15 is 0 Å². The summed E-state index contributed by atoms with van der Waals surface area (Å²) < 4.78 is 7.54. The fraction of sp³-hybridized carbons (Fsp3) is 0.733. The minimum absolute atomic E-state index is 0.173. The number of aryl methyl sites for hydroxylation is 2. The van der Waals surface area contributed by atoms with E-state index in [2.05, 4.69) is 15.7 Å². The lowest BCUT2D eigenvalue weighted by atomic mass is 10.1. The number of ether oxygens (including phenoxy) is 1. The third-order valence-electron chi connectivity index (χ3n) is 3.95. The first-order valence-corrected chi connectivity index (χ1v) is 7.82. The van der Waals surface area contributed by atoms with Crippen LogP contribution in [0.15, 0.2) is 0 Å². The Bertz CT molecular complexity index is 478. The Labute approximate surface area is 126 Å². The molecular formula is C15H26N4O2. The van der Waals surface area contributed by atoms with E-state index in [1.165, 1.54) is 6.42 Å². The van der Waals surface area contributed by atoms with Gasteiger partial charge in [0, 0.05) is 19.7 Å². The fourth-order valence-corrected chi connectivity index (χ4v) is 2.73. The normalized spacial score (nSPS) is 18.5. The Balaban J connectivity index is 1.77. The van der Waals surface area contributed by atoms with Crippen LogP contribution in [-0.4, -0.2) is 35.1 Å². The number of amides is 2. The highest BCUT2D eigenvalue weighted by Gasteiger charge is 2.15. The number of rotatable bonds is 5. The van der Waals surface area contributed by atoms with E-state index in [1.54, 1.807) is 0 Å². The van der Waals surface area contributed by atoms with Crippen LogP contribution in [0.2, 0.25) is 0 Å². The van der Waals surface area contributed by atoms with Gasteiger partial charge in [-0.05, 0) is 46.5 Å². The standard InChI is InChI=1S/C15H26N4O2/c1-4-19-12(3)14(11(2)18-19)17-15(20)16-9-8-13-7-5-6-10-21-13/h13H,4-10H2,1-3H3,(H2,16,17,20)/t13-/m0/s1. The molecular weight excluding hydrogens is 268 g/mol. The van der Waals surface area contributed by atoms with Crippen molar-refractivity contribution < 1.29 is 9.53 Å². The molecule has 2 amide bonds. The Morgan fingerprint density at radius 1 is 1.43 bits per heavy atom. The summed E-state index contributed by atoms with van der Waals surface area (Å²) in [4.78, 5) is 12.0. The molecule has 21 heavy (non-hydrogen) atoms. The lowest BCUT2D eigenvalue weighted by Gasteiger charge is -2.22. The van der Waals surface area contributed by atoms with Gasteiger partial charge in [-0.1, -0.05) is 0 Å². The molecule has 1 aromatic rings. The molecule has 0 spiro atoms. The molecule has 6 nitrogen and oxygen atoms in total. The molecule has 0 unspecified atom stereocenters. The Morgan fingerprint density at radius 2 is 2.24 bits per heavy atom. The molecule has 1 aliphatic rings. The topological polar surface area (TPSA) is 68.2 Å². The van der Waals surface area contributed by atoms with Gasteiger partial charge in [-0.25, -0.2) is 4.79 Å². The SMILES string of the molecule is CCn1nc(C)c(NC(=O)NCC[C@@H]2CCCCO2)c1C. The minimum atomic E-state index is -0.173. The quantitative estimate of drug-likeness (QED) is 0.877. The Hall–Kier alpha value is -1.56. The molecule has 6 heteroatoms. The summed E-state index contributed by atoms with van der Waals surface area (Å²) in [6.45, 7) is 8.20. The maximum absolute atomic E-state index is 12.0. The molecule has 2 heterocycles. The summed E-state index contributed by atoms with van der Waals surface area (Å²) >= 11 is 0. The van der Waals surface area contributed by atoms with Crippen molar-refractivity contribution in [3.8, 4) is 0 Å². The minimum Gasteiger partial charge on any atom is -0.378 e. The first kappa shape index (κ1) is 15.8. The van der Waals surface area contributed by atoms with Gasteiger partial charge in [-0.2, -0.15) is 5.10 Å². The average Bonchev–Trinajstić information content (AvgIpc) is 2.76. The number of nitrogens with one attached hydrogen (secondary N) is 2. The third kappa shape index (κ3) is 4.20. The number of hydrogen-bond donors (Lipinski definition) is 2. The third-order valence-corrected chi connectivity index (χ3v) is 3.95. The zero-order valence-corrected chi connectivity index (χ0v) is 13.2. The van der Waals surface area contributed by atoms with Crippen molar-refractivity contribution in [2.75, 3.05) is 18.5 Å². The maximum Gasteiger partial charge on any atom is 0.319 e. The van der Waals surface area contributed by atoms with Crippen LogP contribution in [0, 0.1) is 13.8 Å². The van der Waals surface area contributed by atoms with E-state index in [0.29, 0.717) is 12.6 Å². The summed E-state index contributed by atoms with van der Waals surface area (Å²) in [5, 5.41) is 10.2. The molecule has 1 aliphatic heterocycles. The largest absolute Gasteiger partial charge is 0.378 e. The molecule has 2 rings (SSSR count). The van der Waals surface area contributed by atoms with Crippen molar-refractivity contribution in [1.29, 1.82) is 0 Å². The predicted octanol–water partition coefficient (Wildman–Crippen LogP) is 2.60. The number of anilines is 1. The Morgan fingerprint density at radius 3 is 2.86 bits per heavy atom. The smallest absolute Gasteiger partial charge is 0.319 e. The van der Waals surface area contributed by atoms with Crippen LogP contribution in [0.25, 0.3) is 0 Å². The number of carbonyl (C=O) groups is 1. The van der Waals surface area contributed by atoms with Crippen molar-refractivity contribution in [2.24, 2.45) is 0 Å². The highest BCUT2D eigenvalue weighted by molar-refractivity contribution is 5.90. The van der Waals surface area contributed by atoms with Crippen LogP contribution >= 0.6 is 0 Å². The van der Waals surface area contributed by atoms with Gasteiger partial charge in [0.1, 0.15) is 0 Å². The van der Waals surface area contributed by atoms with Crippen LogP contribution in [0.1, 0.15) is 44.0 Å². The summed E-state index contributed by atoms with van der Waals surface area (Å²) in [6.07, 6.45) is 4.66. The average molecular weight is 294 g/mol. The number of nitrogens with zero attached hydrogens (tertiary/aromatic N) is 2. The molecule has 1 fully saturated rings. The lowest BCUT2D eigenvalue weighted by Crippen LogP contribution is -2.32. The molecule has 1 saturated heterocycles. The molecule has 2 N–H and O–H groups in total. The molecule has 118 valence electrons. The van der Waals surface area contributed by atoms with E-state index in [9.17, 15) is 4.79 Å². The lowest BCUT2D eigenvalue weighted by molar-refractivity contribution is 0.0120. The number of urea groups is 1. The van der Waals surface area contributed by atoms with Gasteiger partial charge in [0.25, 0.3) is 0 Å². The summed E-state index contributed by atoms with van der Waals surface area (Å²) in [6, 6.07) is -0.173. The van der Waals surface area contributed by atoms with Gasteiger partial charge < -0.3 is 15.4 Å². The zero-order valence-electron chi connectivity index (χ0n) is 13.2. The highest BCUT2D eigenvalue weighted by Crippen LogP contribution is 2.19. The van der Waals surface area contributed by atoms with Crippen LogP contribution in [0.5, 0.6) is 0 Å². The second-order valence-electron chi connectivity index (χ2n) is 5.52. The van der Waals surface area contributed by atoms with Gasteiger partial charge in [0.15, 0.2) is 0 Å². The molecule has 0 radical (unpaired) electrons. The van der Waals surface area contributed by atoms with E-state index < -0.39 is 0 Å². The Kier molecular flexibility index (Phi) is 5.61. The molecule has 0 saturated carbocycles. The van der Waals surface area contributed by atoms with E-state index in [1.807, 2.05) is 25.5 Å². The summed E-state index contributed by atoms with van der Waals surface area (Å²) in [7, 11) is 0. The zero-order chi connectivity index (χ0) is 15.2. The van der Waals surface area contributed by atoms with E-state index in [-0.39, 0.29) is 6.03 Å². The molecule has 0 bridgehead atoms. The van der Waals surface area contributed by atoms with Crippen LogP contribution in [0.3, 0.4) is 0 Å². The first-order chi connectivity index (χ1) is 10.1. The first-order valence-electron chi connectivity index (χ1n) is 7.82. The van der Waals surface area contributed by atoms with Crippen LogP contribution in [-0.2, 0) is 11.3 Å². The molecule has 1 aromatic heterocycles. The van der Waals surface area contributed by atoms with Gasteiger partial charge >= 0.3 is 6.03 Å². The monoisotopic (exact) mass is 294 g/mol. The number of aromatic nitrogens is 2. The van der Waals surface area contributed by atoms with Gasteiger partial charge in [-0.15, -0.1) is 0 Å². The second kappa shape index (κ2) is 7.45. The van der Waals surface area contributed by atoms with Crippen LogP contribution < -0.4 is 10.6 Å². The number of carbonyl (C=O) groups excluding carboxylic acids is 1. The fourth-order valence-electron chi connectivity index (χ4n) is 2.73. The summed E-state index contributed by atoms with van der Waals surface area (Å²) in [5.74, 6) is 0. The maximum atomic E-state index is 12.0. The van der Waals surface area contributed by atoms with Crippen molar-refractivity contribution in [3.63, 3.8) is 0 Å². The van der Waals surface area contributed by atoms with Crippen molar-refractivity contribution in [2.45, 2.75) is 59.1 Å². The van der Waals surface area contributed by atoms with Gasteiger partial charge in [-0.3, -0.25) is 4.68 Å². The van der Waals surface area contributed by atoms with E-state index in [0.717, 1.165) is 49.5 Å².